The molecule has 0 saturated carbocycles. The Morgan fingerprint density at radius 3 is 2.00 bits per heavy atom. The van der Waals surface area contributed by atoms with E-state index < -0.39 is 0 Å². The van der Waals surface area contributed by atoms with E-state index in [1.54, 1.807) is 0 Å². The lowest BCUT2D eigenvalue weighted by Crippen LogP contribution is -2.28. The van der Waals surface area contributed by atoms with E-state index in [2.05, 4.69) is 34.6 Å². The van der Waals surface area contributed by atoms with Crippen molar-refractivity contribution >= 4 is 0 Å². The van der Waals surface area contributed by atoms with Gasteiger partial charge in [0.05, 0.1) is 0 Å². The van der Waals surface area contributed by atoms with Gasteiger partial charge in [0, 0.05) is 0 Å². The molecule has 1 heteroatoms. The van der Waals surface area contributed by atoms with Crippen LogP contribution in [0.1, 0.15) is 60.3 Å². The zero-order valence-electron chi connectivity index (χ0n) is 11.4. The lowest BCUT2D eigenvalue weighted by Gasteiger charge is -2.30. The summed E-state index contributed by atoms with van der Waals surface area (Å²) < 4.78 is 0. The minimum Gasteiger partial charge on any atom is -0.330 e. The first-order chi connectivity index (χ1) is 7.06. The van der Waals surface area contributed by atoms with Crippen molar-refractivity contribution in [3.8, 4) is 0 Å². The molecule has 2 N–H and O–H groups in total. The van der Waals surface area contributed by atoms with Crippen molar-refractivity contribution in [1.29, 1.82) is 0 Å². The van der Waals surface area contributed by atoms with Crippen molar-refractivity contribution in [3.63, 3.8) is 0 Å². The Bertz CT molecular complexity index is 144. The van der Waals surface area contributed by atoms with Gasteiger partial charge in [-0.3, -0.25) is 0 Å². The molecule has 0 spiro atoms. The number of hydrogen-bond donors (Lipinski definition) is 1. The molecule has 0 aliphatic heterocycles. The zero-order valence-corrected chi connectivity index (χ0v) is 11.4. The quantitative estimate of drug-likeness (QED) is 0.646. The smallest absolute Gasteiger partial charge is 0.00438 e. The van der Waals surface area contributed by atoms with Crippen LogP contribution >= 0.6 is 0 Å². The van der Waals surface area contributed by atoms with Crippen LogP contribution in [-0.4, -0.2) is 6.54 Å². The highest BCUT2D eigenvalue weighted by Gasteiger charge is 2.22. The third-order valence-electron chi connectivity index (χ3n) is 3.95. The van der Waals surface area contributed by atoms with Gasteiger partial charge in [0.2, 0.25) is 0 Å². The number of rotatable bonds is 8. The highest BCUT2D eigenvalue weighted by Crippen LogP contribution is 2.29. The van der Waals surface area contributed by atoms with Crippen molar-refractivity contribution in [2.45, 2.75) is 60.3 Å². The Labute approximate surface area is 96.8 Å². The highest BCUT2D eigenvalue weighted by molar-refractivity contribution is 4.74. The normalized spacial score (nSPS) is 19.6. The van der Waals surface area contributed by atoms with Gasteiger partial charge in [0.1, 0.15) is 0 Å². The Morgan fingerprint density at radius 2 is 1.60 bits per heavy atom. The lowest BCUT2D eigenvalue weighted by molar-refractivity contribution is 0.216. The molecule has 0 aliphatic rings. The molecule has 0 heterocycles. The van der Waals surface area contributed by atoms with Gasteiger partial charge in [-0.05, 0) is 36.6 Å². The van der Waals surface area contributed by atoms with Gasteiger partial charge >= 0.3 is 0 Å². The van der Waals surface area contributed by atoms with E-state index in [0.29, 0.717) is 0 Å². The molecule has 1 nitrogen and oxygen atoms in total. The minimum absolute atomic E-state index is 0.721. The SMILES string of the molecule is CCCC(C)C(CN)C(C)CC(C)CC. The van der Waals surface area contributed by atoms with Gasteiger partial charge in [-0.25, -0.2) is 0 Å². The maximum atomic E-state index is 5.92. The molecule has 0 aromatic carbocycles. The molecule has 4 unspecified atom stereocenters. The van der Waals surface area contributed by atoms with Gasteiger partial charge in [0.15, 0.2) is 0 Å². The fourth-order valence-corrected chi connectivity index (χ4v) is 2.67. The van der Waals surface area contributed by atoms with Crippen LogP contribution in [0.3, 0.4) is 0 Å². The van der Waals surface area contributed by atoms with Crippen LogP contribution in [0.25, 0.3) is 0 Å². The Balaban J connectivity index is 4.13. The molecule has 15 heavy (non-hydrogen) atoms. The number of hydrogen-bond acceptors (Lipinski definition) is 1. The molecular weight excluding hydrogens is 182 g/mol. The largest absolute Gasteiger partial charge is 0.330 e. The van der Waals surface area contributed by atoms with Crippen molar-refractivity contribution < 1.29 is 0 Å². The second-order valence-electron chi connectivity index (χ2n) is 5.39. The Morgan fingerprint density at radius 1 is 1.00 bits per heavy atom. The molecule has 0 saturated heterocycles. The van der Waals surface area contributed by atoms with Gasteiger partial charge in [-0.15, -0.1) is 0 Å². The maximum Gasteiger partial charge on any atom is -0.00438 e. The van der Waals surface area contributed by atoms with E-state index in [9.17, 15) is 0 Å². The third kappa shape index (κ3) is 5.55. The van der Waals surface area contributed by atoms with E-state index in [1.165, 1.54) is 25.7 Å². The van der Waals surface area contributed by atoms with E-state index in [1.807, 2.05) is 0 Å². The van der Waals surface area contributed by atoms with Crippen LogP contribution in [-0.2, 0) is 0 Å². The summed E-state index contributed by atoms with van der Waals surface area (Å²) in [5, 5.41) is 0. The maximum absolute atomic E-state index is 5.92. The molecule has 4 atom stereocenters. The fraction of sp³-hybridized carbons (Fsp3) is 1.00. The summed E-state index contributed by atoms with van der Waals surface area (Å²) in [7, 11) is 0. The summed E-state index contributed by atoms with van der Waals surface area (Å²) in [6.07, 6.45) is 5.25. The van der Waals surface area contributed by atoms with Gasteiger partial charge in [-0.2, -0.15) is 0 Å². The van der Waals surface area contributed by atoms with E-state index in [-0.39, 0.29) is 0 Å². The predicted octanol–water partition coefficient (Wildman–Crippen LogP) is 4.07. The van der Waals surface area contributed by atoms with Crippen LogP contribution in [0.15, 0.2) is 0 Å². The van der Waals surface area contributed by atoms with Crippen LogP contribution in [0.4, 0.5) is 0 Å². The average molecular weight is 213 g/mol. The third-order valence-corrected chi connectivity index (χ3v) is 3.95. The molecule has 0 fully saturated rings. The summed E-state index contributed by atoms with van der Waals surface area (Å²) >= 11 is 0. The van der Waals surface area contributed by atoms with Crippen LogP contribution in [0, 0.1) is 23.7 Å². The van der Waals surface area contributed by atoms with Crippen molar-refractivity contribution in [3.05, 3.63) is 0 Å². The van der Waals surface area contributed by atoms with Crippen LogP contribution in [0.5, 0.6) is 0 Å². The van der Waals surface area contributed by atoms with Crippen molar-refractivity contribution in [2.75, 3.05) is 6.54 Å². The second kappa shape index (κ2) is 8.15. The van der Waals surface area contributed by atoms with Crippen LogP contribution < -0.4 is 5.73 Å². The molecule has 0 radical (unpaired) electrons. The molecule has 0 amide bonds. The summed E-state index contributed by atoms with van der Waals surface area (Å²) in [6.45, 7) is 12.5. The molecule has 0 aliphatic carbocycles. The fourth-order valence-electron chi connectivity index (χ4n) is 2.67. The highest BCUT2D eigenvalue weighted by atomic mass is 14.6. The van der Waals surface area contributed by atoms with Gasteiger partial charge < -0.3 is 5.73 Å². The molecule has 0 bridgehead atoms. The standard InChI is InChI=1S/C14H31N/c1-6-8-12(4)14(10-15)13(5)9-11(3)7-2/h11-14H,6-10,15H2,1-5H3. The monoisotopic (exact) mass is 213 g/mol. The van der Waals surface area contributed by atoms with Gasteiger partial charge in [-0.1, -0.05) is 53.9 Å². The zero-order chi connectivity index (χ0) is 11.8. The first kappa shape index (κ1) is 15.0. The first-order valence-corrected chi connectivity index (χ1v) is 6.76. The summed E-state index contributed by atoms with van der Waals surface area (Å²) in [6, 6.07) is 0. The lowest BCUT2D eigenvalue weighted by atomic mass is 9.77. The first-order valence-electron chi connectivity index (χ1n) is 6.76. The summed E-state index contributed by atoms with van der Waals surface area (Å²) in [4.78, 5) is 0. The van der Waals surface area contributed by atoms with Crippen LogP contribution in [0.2, 0.25) is 0 Å². The summed E-state index contributed by atoms with van der Waals surface area (Å²) in [5.74, 6) is 3.15. The molecular formula is C14H31N. The topological polar surface area (TPSA) is 26.0 Å². The number of nitrogens with two attached hydrogens (primary N) is 1. The van der Waals surface area contributed by atoms with E-state index in [4.69, 9.17) is 5.73 Å². The van der Waals surface area contributed by atoms with E-state index >= 15 is 0 Å². The van der Waals surface area contributed by atoms with Gasteiger partial charge in [0.25, 0.3) is 0 Å². The van der Waals surface area contributed by atoms with Crippen molar-refractivity contribution in [1.82, 2.24) is 0 Å². The summed E-state index contributed by atoms with van der Waals surface area (Å²) in [5.41, 5.74) is 5.92. The van der Waals surface area contributed by atoms with Crippen molar-refractivity contribution in [2.24, 2.45) is 29.4 Å². The predicted molar refractivity (Wildman–Crippen MR) is 69.9 cm³/mol. The molecule has 0 rings (SSSR count). The van der Waals surface area contributed by atoms with E-state index in [0.717, 1.165) is 30.2 Å². The Kier molecular flexibility index (Phi) is 8.13. The molecule has 0 aromatic rings. The second-order valence-corrected chi connectivity index (χ2v) is 5.39. The Hall–Kier alpha value is -0.0400. The molecule has 0 aromatic heterocycles. The molecule has 92 valence electrons. The minimum atomic E-state index is 0.721. The average Bonchev–Trinajstić information content (AvgIpc) is 2.19.